The molecule has 2 heteroatoms. The summed E-state index contributed by atoms with van der Waals surface area (Å²) in [6, 6.07) is 20.7. The molecule has 0 bridgehead atoms. The van der Waals surface area contributed by atoms with Crippen LogP contribution in [0.5, 0.6) is 0 Å². The van der Waals surface area contributed by atoms with Crippen molar-refractivity contribution in [2.24, 2.45) is 0 Å². The van der Waals surface area contributed by atoms with Crippen molar-refractivity contribution >= 4 is 21.8 Å². The van der Waals surface area contributed by atoms with Crippen LogP contribution < -0.4 is 0 Å². The molecule has 0 unspecified atom stereocenters. The van der Waals surface area contributed by atoms with Crippen molar-refractivity contribution in [2.75, 3.05) is 0 Å². The first-order valence-electron chi connectivity index (χ1n) is 6.34. The van der Waals surface area contributed by atoms with E-state index in [-0.39, 0.29) is 0 Å². The number of pyridine rings is 1. The summed E-state index contributed by atoms with van der Waals surface area (Å²) >= 11 is 0. The third-order valence-electron chi connectivity index (χ3n) is 3.48. The van der Waals surface area contributed by atoms with E-state index in [0.29, 0.717) is 0 Å². The molecular weight excluding hydrogens is 232 g/mol. The number of rotatable bonds is 1. The predicted octanol–water partition coefficient (Wildman–Crippen LogP) is 4.38. The number of hydrogen-bond acceptors (Lipinski definition) is 1. The van der Waals surface area contributed by atoms with Crippen LogP contribution >= 0.6 is 0 Å². The molecule has 0 radical (unpaired) electrons. The Morgan fingerprint density at radius 2 is 1.53 bits per heavy atom. The lowest BCUT2D eigenvalue weighted by atomic mass is 10.1. The molecule has 90 valence electrons. The third-order valence-corrected chi connectivity index (χ3v) is 3.48. The number of para-hydroxylation sites is 1. The summed E-state index contributed by atoms with van der Waals surface area (Å²) in [5.41, 5.74) is 4.41. The number of H-pyrrole nitrogens is 1. The Hall–Kier alpha value is -2.61. The average molecular weight is 244 g/mol. The Labute approximate surface area is 110 Å². The molecule has 0 aliphatic rings. The summed E-state index contributed by atoms with van der Waals surface area (Å²) in [5, 5.41) is 2.47. The smallest absolute Gasteiger partial charge is 0.0943 e. The molecule has 2 aromatic heterocycles. The van der Waals surface area contributed by atoms with Crippen molar-refractivity contribution in [1.82, 2.24) is 9.97 Å². The van der Waals surface area contributed by atoms with Crippen molar-refractivity contribution in [1.29, 1.82) is 0 Å². The van der Waals surface area contributed by atoms with Crippen molar-refractivity contribution in [3.63, 3.8) is 0 Å². The van der Waals surface area contributed by atoms with Crippen LogP contribution in [0.25, 0.3) is 33.1 Å². The van der Waals surface area contributed by atoms with Crippen molar-refractivity contribution in [2.45, 2.75) is 0 Å². The van der Waals surface area contributed by atoms with Gasteiger partial charge in [0.2, 0.25) is 0 Å². The largest absolute Gasteiger partial charge is 0.353 e. The first-order chi connectivity index (χ1) is 9.43. The van der Waals surface area contributed by atoms with Gasteiger partial charge in [0.15, 0.2) is 0 Å². The average Bonchev–Trinajstić information content (AvgIpc) is 2.87. The number of nitrogens with zero attached hydrogens (tertiary/aromatic N) is 1. The number of aromatic nitrogens is 2. The summed E-state index contributed by atoms with van der Waals surface area (Å²) in [4.78, 5) is 8.02. The van der Waals surface area contributed by atoms with E-state index in [9.17, 15) is 0 Å². The Kier molecular flexibility index (Phi) is 2.15. The fraction of sp³-hybridized carbons (Fsp3) is 0. The Morgan fingerprint density at radius 3 is 2.42 bits per heavy atom. The molecule has 0 aliphatic heterocycles. The van der Waals surface area contributed by atoms with Crippen molar-refractivity contribution in [3.8, 4) is 11.3 Å². The van der Waals surface area contributed by atoms with Crippen LogP contribution in [0.2, 0.25) is 0 Å². The van der Waals surface area contributed by atoms with Gasteiger partial charge in [0.1, 0.15) is 0 Å². The van der Waals surface area contributed by atoms with E-state index in [0.717, 1.165) is 22.3 Å². The summed E-state index contributed by atoms with van der Waals surface area (Å²) in [6.07, 6.45) is 1.88. The van der Waals surface area contributed by atoms with Crippen LogP contribution in [0, 0.1) is 0 Å². The lowest BCUT2D eigenvalue weighted by molar-refractivity contribution is 1.34. The second kappa shape index (κ2) is 3.95. The van der Waals surface area contributed by atoms with Crippen LogP contribution in [0.3, 0.4) is 0 Å². The molecule has 4 rings (SSSR count). The van der Waals surface area contributed by atoms with Gasteiger partial charge < -0.3 is 4.98 Å². The van der Waals surface area contributed by atoms with E-state index in [1.807, 2.05) is 30.5 Å². The van der Waals surface area contributed by atoms with Gasteiger partial charge in [-0.2, -0.15) is 0 Å². The Morgan fingerprint density at radius 1 is 0.737 bits per heavy atom. The molecule has 2 aromatic carbocycles. The molecule has 0 spiro atoms. The first kappa shape index (κ1) is 10.3. The fourth-order valence-corrected chi connectivity index (χ4v) is 2.59. The lowest BCUT2D eigenvalue weighted by Crippen LogP contribution is -1.84. The summed E-state index contributed by atoms with van der Waals surface area (Å²) in [5.74, 6) is 0. The number of nitrogens with one attached hydrogen (secondary N) is 1. The second-order valence-corrected chi connectivity index (χ2v) is 4.62. The summed E-state index contributed by atoms with van der Waals surface area (Å²) < 4.78 is 0. The molecule has 2 nitrogen and oxygen atoms in total. The minimum Gasteiger partial charge on any atom is -0.353 e. The Balaban J connectivity index is 2.13. The molecule has 0 amide bonds. The van der Waals surface area contributed by atoms with E-state index in [2.05, 4.69) is 46.4 Å². The minimum atomic E-state index is 1.01. The zero-order valence-corrected chi connectivity index (χ0v) is 10.3. The number of benzene rings is 2. The topological polar surface area (TPSA) is 28.7 Å². The fourth-order valence-electron chi connectivity index (χ4n) is 2.59. The highest BCUT2D eigenvalue weighted by atomic mass is 14.8. The second-order valence-electron chi connectivity index (χ2n) is 4.62. The molecule has 0 saturated heterocycles. The van der Waals surface area contributed by atoms with Gasteiger partial charge in [-0.3, -0.25) is 4.98 Å². The molecule has 0 fully saturated rings. The highest BCUT2D eigenvalue weighted by Crippen LogP contribution is 2.31. The molecule has 4 aromatic rings. The van der Waals surface area contributed by atoms with Gasteiger partial charge in [0, 0.05) is 28.0 Å². The van der Waals surface area contributed by atoms with Crippen LogP contribution in [0.1, 0.15) is 0 Å². The highest BCUT2D eigenvalue weighted by Gasteiger charge is 2.09. The van der Waals surface area contributed by atoms with E-state index >= 15 is 0 Å². The van der Waals surface area contributed by atoms with Gasteiger partial charge in [-0.25, -0.2) is 0 Å². The van der Waals surface area contributed by atoms with Gasteiger partial charge in [0.05, 0.1) is 11.2 Å². The van der Waals surface area contributed by atoms with E-state index in [4.69, 9.17) is 0 Å². The quantitative estimate of drug-likeness (QED) is 0.528. The maximum atomic E-state index is 4.54. The third kappa shape index (κ3) is 1.54. The zero-order chi connectivity index (χ0) is 12.7. The molecule has 2 heterocycles. The molecule has 19 heavy (non-hydrogen) atoms. The van der Waals surface area contributed by atoms with Crippen LogP contribution in [-0.2, 0) is 0 Å². The minimum absolute atomic E-state index is 1.01. The van der Waals surface area contributed by atoms with Gasteiger partial charge in [-0.1, -0.05) is 48.5 Å². The van der Waals surface area contributed by atoms with E-state index < -0.39 is 0 Å². The van der Waals surface area contributed by atoms with Gasteiger partial charge >= 0.3 is 0 Å². The van der Waals surface area contributed by atoms with Crippen LogP contribution in [0.15, 0.2) is 66.9 Å². The lowest BCUT2D eigenvalue weighted by Gasteiger charge is -2.01. The van der Waals surface area contributed by atoms with Gasteiger partial charge in [-0.05, 0) is 12.1 Å². The maximum Gasteiger partial charge on any atom is 0.0943 e. The molecule has 0 saturated carbocycles. The molecule has 1 N–H and O–H groups in total. The summed E-state index contributed by atoms with van der Waals surface area (Å²) in [6.45, 7) is 0. The molecule has 0 aliphatic carbocycles. The number of aromatic amines is 1. The van der Waals surface area contributed by atoms with Crippen molar-refractivity contribution < 1.29 is 0 Å². The maximum absolute atomic E-state index is 4.54. The standard InChI is InChI=1S/C17H12N2/c1-2-6-12(7-3-1)16-17-14(10-11-18-16)13-8-4-5-9-15(13)19-17/h1-11,19H. The highest BCUT2D eigenvalue weighted by molar-refractivity contribution is 6.10. The predicted molar refractivity (Wildman–Crippen MR) is 79.0 cm³/mol. The SMILES string of the molecule is c1ccc(-c2nccc3c2[nH]c2ccccc23)cc1. The van der Waals surface area contributed by atoms with E-state index in [1.54, 1.807) is 0 Å². The zero-order valence-electron chi connectivity index (χ0n) is 10.3. The normalized spacial score (nSPS) is 11.2. The molecular formula is C17H12N2. The number of hydrogen-bond donors (Lipinski definition) is 1. The monoisotopic (exact) mass is 244 g/mol. The van der Waals surface area contributed by atoms with Crippen LogP contribution in [-0.4, -0.2) is 9.97 Å². The number of fused-ring (bicyclic) bond motifs is 3. The van der Waals surface area contributed by atoms with Crippen LogP contribution in [0.4, 0.5) is 0 Å². The van der Waals surface area contributed by atoms with E-state index in [1.165, 1.54) is 10.8 Å². The van der Waals surface area contributed by atoms with Gasteiger partial charge in [0.25, 0.3) is 0 Å². The molecule has 0 atom stereocenters. The summed E-state index contributed by atoms with van der Waals surface area (Å²) in [7, 11) is 0. The van der Waals surface area contributed by atoms with Crippen molar-refractivity contribution in [3.05, 3.63) is 66.9 Å². The Bertz CT molecular complexity index is 860. The first-order valence-corrected chi connectivity index (χ1v) is 6.34. The van der Waals surface area contributed by atoms with Gasteiger partial charge in [-0.15, -0.1) is 0 Å².